The zero-order valence-electron chi connectivity index (χ0n) is 19.9. The highest BCUT2D eigenvalue weighted by Crippen LogP contribution is 2.48. The molecule has 1 spiro atoms. The molecular formula is C26H30N6O2. The highest BCUT2D eigenvalue weighted by atomic mass is 16.5. The SMILES string of the molecule is Cc1nc(N[C@@H](C)c2ccc(Oc3ccccc3)cc2)nc(N2C(=O)NC3(CC3)[C@@H]2C(C)C)n1. The molecule has 1 aliphatic carbocycles. The lowest BCUT2D eigenvalue weighted by Gasteiger charge is -2.28. The number of amides is 2. The predicted molar refractivity (Wildman–Crippen MR) is 131 cm³/mol. The maximum atomic E-state index is 12.9. The minimum absolute atomic E-state index is 0.0317. The molecule has 2 aromatic carbocycles. The molecule has 1 aromatic heterocycles. The standard InChI is InChI=1S/C26H30N6O2/c1-16(2)22-26(14-15-26)31-25(33)32(22)24-29-18(4)28-23(30-24)27-17(3)19-10-12-21(13-11-19)34-20-8-6-5-7-9-20/h5-13,16-17,22H,14-15H2,1-4H3,(H,31,33)(H,27,28,29,30)/t17-,22-/m0/s1. The van der Waals surface area contributed by atoms with Crippen LogP contribution in [0.4, 0.5) is 16.7 Å². The third kappa shape index (κ3) is 4.27. The maximum absolute atomic E-state index is 12.9. The van der Waals surface area contributed by atoms with Gasteiger partial charge in [0.25, 0.3) is 0 Å². The molecular weight excluding hydrogens is 428 g/mol. The first-order valence-electron chi connectivity index (χ1n) is 11.8. The van der Waals surface area contributed by atoms with Gasteiger partial charge in [-0.3, -0.25) is 4.90 Å². The summed E-state index contributed by atoms with van der Waals surface area (Å²) in [6.45, 7) is 8.14. The maximum Gasteiger partial charge on any atom is 0.325 e. The number of carbonyl (C=O) groups is 1. The van der Waals surface area contributed by atoms with Crippen molar-refractivity contribution in [3.05, 3.63) is 66.0 Å². The van der Waals surface area contributed by atoms with Gasteiger partial charge in [0.2, 0.25) is 11.9 Å². The largest absolute Gasteiger partial charge is 0.457 e. The third-order valence-corrected chi connectivity index (χ3v) is 6.49. The van der Waals surface area contributed by atoms with Crippen LogP contribution in [0.3, 0.4) is 0 Å². The van der Waals surface area contributed by atoms with E-state index >= 15 is 0 Å². The lowest BCUT2D eigenvalue weighted by Crippen LogP contribution is -2.43. The second kappa shape index (κ2) is 8.59. The van der Waals surface area contributed by atoms with Crippen molar-refractivity contribution >= 4 is 17.9 Å². The van der Waals surface area contributed by atoms with Crippen LogP contribution in [0.15, 0.2) is 54.6 Å². The van der Waals surface area contributed by atoms with Crippen LogP contribution in [-0.2, 0) is 0 Å². The molecule has 2 fully saturated rings. The highest BCUT2D eigenvalue weighted by Gasteiger charge is 2.61. The summed E-state index contributed by atoms with van der Waals surface area (Å²) in [4.78, 5) is 28.2. The first-order chi connectivity index (χ1) is 16.3. The van der Waals surface area contributed by atoms with Gasteiger partial charge >= 0.3 is 6.03 Å². The van der Waals surface area contributed by atoms with E-state index in [1.165, 1.54) is 0 Å². The number of urea groups is 1. The Bertz CT molecular complexity index is 1180. The number of ether oxygens (including phenoxy) is 1. The number of hydrogen-bond acceptors (Lipinski definition) is 6. The Kier molecular flexibility index (Phi) is 5.59. The Morgan fingerprint density at radius 3 is 2.32 bits per heavy atom. The molecule has 0 unspecified atom stereocenters. The zero-order valence-corrected chi connectivity index (χ0v) is 19.9. The molecule has 2 atom stereocenters. The van der Waals surface area contributed by atoms with Crippen molar-refractivity contribution < 1.29 is 9.53 Å². The zero-order chi connectivity index (χ0) is 23.9. The number of rotatable bonds is 7. The first kappa shape index (κ1) is 22.1. The minimum Gasteiger partial charge on any atom is -0.457 e. The van der Waals surface area contributed by atoms with E-state index in [9.17, 15) is 4.79 Å². The number of hydrogen-bond donors (Lipinski definition) is 2. The lowest BCUT2D eigenvalue weighted by atomic mass is 9.95. The van der Waals surface area contributed by atoms with E-state index in [-0.39, 0.29) is 29.6 Å². The van der Waals surface area contributed by atoms with Gasteiger partial charge in [-0.25, -0.2) is 4.79 Å². The van der Waals surface area contributed by atoms with Crippen LogP contribution in [-0.4, -0.2) is 32.6 Å². The van der Waals surface area contributed by atoms with Crippen molar-refractivity contribution in [1.82, 2.24) is 20.3 Å². The number of para-hydroxylation sites is 1. The summed E-state index contributed by atoms with van der Waals surface area (Å²) >= 11 is 0. The van der Waals surface area contributed by atoms with Crippen molar-refractivity contribution in [1.29, 1.82) is 0 Å². The molecule has 8 heteroatoms. The summed E-state index contributed by atoms with van der Waals surface area (Å²) in [6.07, 6.45) is 1.99. The number of anilines is 2. The summed E-state index contributed by atoms with van der Waals surface area (Å²) in [6, 6.07) is 17.5. The summed E-state index contributed by atoms with van der Waals surface area (Å²) in [5.41, 5.74) is 0.923. The molecule has 3 aromatic rings. The molecule has 8 nitrogen and oxygen atoms in total. The van der Waals surface area contributed by atoms with Gasteiger partial charge in [-0.2, -0.15) is 15.0 Å². The van der Waals surface area contributed by atoms with Gasteiger partial charge in [-0.15, -0.1) is 0 Å². The number of benzene rings is 2. The third-order valence-electron chi connectivity index (χ3n) is 6.49. The molecule has 0 bridgehead atoms. The number of aryl methyl sites for hydroxylation is 1. The van der Waals surface area contributed by atoms with Gasteiger partial charge < -0.3 is 15.4 Å². The molecule has 0 radical (unpaired) electrons. The van der Waals surface area contributed by atoms with Crippen LogP contribution in [0.2, 0.25) is 0 Å². The minimum atomic E-state index is -0.143. The molecule has 1 aliphatic heterocycles. The molecule has 34 heavy (non-hydrogen) atoms. The summed E-state index contributed by atoms with van der Waals surface area (Å²) < 4.78 is 5.88. The van der Waals surface area contributed by atoms with Gasteiger partial charge in [0, 0.05) is 0 Å². The molecule has 2 amide bonds. The van der Waals surface area contributed by atoms with Gasteiger partial charge in [0.1, 0.15) is 17.3 Å². The Balaban J connectivity index is 1.32. The Morgan fingerprint density at radius 1 is 1.00 bits per heavy atom. The fourth-order valence-electron chi connectivity index (χ4n) is 4.79. The molecule has 2 heterocycles. The predicted octanol–water partition coefficient (Wildman–Crippen LogP) is 5.23. The molecule has 5 rings (SSSR count). The number of carbonyl (C=O) groups excluding carboxylic acids is 1. The average molecular weight is 459 g/mol. The molecule has 2 N–H and O–H groups in total. The van der Waals surface area contributed by atoms with Crippen LogP contribution >= 0.6 is 0 Å². The average Bonchev–Trinajstić information content (AvgIpc) is 3.50. The van der Waals surface area contributed by atoms with Crippen LogP contribution < -0.4 is 20.3 Å². The van der Waals surface area contributed by atoms with E-state index in [0.717, 1.165) is 29.9 Å². The van der Waals surface area contributed by atoms with Gasteiger partial charge in [0.15, 0.2) is 0 Å². The Morgan fingerprint density at radius 2 is 1.68 bits per heavy atom. The normalized spacial score (nSPS) is 19.3. The van der Waals surface area contributed by atoms with Gasteiger partial charge in [0.05, 0.1) is 17.6 Å². The van der Waals surface area contributed by atoms with Gasteiger partial charge in [-0.1, -0.05) is 44.2 Å². The number of nitrogens with zero attached hydrogens (tertiary/aromatic N) is 4. The molecule has 2 aliphatic rings. The molecule has 1 saturated heterocycles. The van der Waals surface area contributed by atoms with E-state index in [1.807, 2.05) is 68.4 Å². The smallest absolute Gasteiger partial charge is 0.325 e. The van der Waals surface area contributed by atoms with E-state index in [4.69, 9.17) is 4.74 Å². The topological polar surface area (TPSA) is 92.3 Å². The van der Waals surface area contributed by atoms with E-state index in [0.29, 0.717) is 17.7 Å². The summed E-state index contributed by atoms with van der Waals surface area (Å²) in [7, 11) is 0. The van der Waals surface area contributed by atoms with Crippen molar-refractivity contribution in [3.8, 4) is 11.5 Å². The number of aromatic nitrogens is 3. The Labute approximate surface area is 199 Å². The monoisotopic (exact) mass is 458 g/mol. The van der Waals surface area contributed by atoms with Crippen molar-refractivity contribution in [2.24, 2.45) is 5.92 Å². The van der Waals surface area contributed by atoms with Crippen LogP contribution in [0.5, 0.6) is 11.5 Å². The van der Waals surface area contributed by atoms with E-state index in [2.05, 4.69) is 39.4 Å². The van der Waals surface area contributed by atoms with Crippen LogP contribution in [0.1, 0.15) is 51.0 Å². The van der Waals surface area contributed by atoms with Crippen LogP contribution in [0.25, 0.3) is 0 Å². The molecule has 1 saturated carbocycles. The second-order valence-corrected chi connectivity index (χ2v) is 9.50. The second-order valence-electron chi connectivity index (χ2n) is 9.50. The van der Waals surface area contributed by atoms with Crippen molar-refractivity contribution in [3.63, 3.8) is 0 Å². The summed E-state index contributed by atoms with van der Waals surface area (Å²) in [5, 5.41) is 6.53. The fourth-order valence-corrected chi connectivity index (χ4v) is 4.79. The van der Waals surface area contributed by atoms with E-state index < -0.39 is 0 Å². The van der Waals surface area contributed by atoms with Crippen molar-refractivity contribution in [2.45, 2.75) is 58.2 Å². The van der Waals surface area contributed by atoms with Gasteiger partial charge in [-0.05, 0) is 62.4 Å². The first-order valence-corrected chi connectivity index (χ1v) is 11.8. The molecule has 176 valence electrons. The quantitative estimate of drug-likeness (QED) is 0.504. The van der Waals surface area contributed by atoms with E-state index in [1.54, 1.807) is 4.90 Å². The van der Waals surface area contributed by atoms with Crippen molar-refractivity contribution in [2.75, 3.05) is 10.2 Å². The highest BCUT2D eigenvalue weighted by molar-refractivity contribution is 5.95. The lowest BCUT2D eigenvalue weighted by molar-refractivity contribution is 0.250. The number of nitrogens with one attached hydrogen (secondary N) is 2. The summed E-state index contributed by atoms with van der Waals surface area (Å²) in [5.74, 6) is 3.27. The fraction of sp³-hybridized carbons (Fsp3) is 0.385. The Hall–Kier alpha value is -3.68. The van der Waals surface area contributed by atoms with Crippen LogP contribution in [0, 0.1) is 12.8 Å².